The van der Waals surface area contributed by atoms with Crippen LogP contribution in [0.4, 0.5) is 0 Å². The van der Waals surface area contributed by atoms with Crippen LogP contribution >= 0.6 is 0 Å². The number of aromatic nitrogens is 3. The Balaban J connectivity index is 1.83. The Bertz CT molecular complexity index is 1280. The number of fused-ring (bicyclic) bond motifs is 3. The largest absolute Gasteiger partial charge is 0.497 e. The first-order valence-corrected chi connectivity index (χ1v) is 8.14. The number of aromatic amines is 2. The summed E-state index contributed by atoms with van der Waals surface area (Å²) in [4.78, 5) is 30.9. The number of benzene rings is 2. The van der Waals surface area contributed by atoms with Gasteiger partial charge >= 0.3 is 11.2 Å². The molecule has 2 N–H and O–H groups in total. The van der Waals surface area contributed by atoms with E-state index in [1.807, 2.05) is 0 Å². The third-order valence-electron chi connectivity index (χ3n) is 4.27. The van der Waals surface area contributed by atoms with Crippen molar-refractivity contribution < 1.29 is 9.47 Å². The Kier molecular flexibility index (Phi) is 4.00. The summed E-state index contributed by atoms with van der Waals surface area (Å²) < 4.78 is 11.1. The van der Waals surface area contributed by atoms with Crippen molar-refractivity contribution in [1.29, 1.82) is 0 Å². The summed E-state index contributed by atoms with van der Waals surface area (Å²) in [5.41, 5.74) is 0.975. The van der Waals surface area contributed by atoms with Crippen LogP contribution < -0.4 is 20.7 Å². The third-order valence-corrected chi connectivity index (χ3v) is 4.27. The SMILES string of the molecule is COc1ccc(C=Nn2c(=O)[nH]c3c([nH]c4cc(OC)ccc43)c2=O)cc1. The first-order chi connectivity index (χ1) is 13.1. The highest BCUT2D eigenvalue weighted by Crippen LogP contribution is 2.24. The van der Waals surface area contributed by atoms with Gasteiger partial charge in [-0.1, -0.05) is 0 Å². The van der Waals surface area contributed by atoms with Crippen molar-refractivity contribution in [3.63, 3.8) is 0 Å². The number of methoxy groups -OCH3 is 2. The Labute approximate surface area is 152 Å². The summed E-state index contributed by atoms with van der Waals surface area (Å²) in [7, 11) is 3.14. The zero-order chi connectivity index (χ0) is 19.0. The number of ether oxygens (including phenoxy) is 2. The van der Waals surface area contributed by atoms with E-state index in [1.165, 1.54) is 6.21 Å². The van der Waals surface area contributed by atoms with E-state index in [-0.39, 0.29) is 5.52 Å². The molecule has 2 heterocycles. The highest BCUT2D eigenvalue weighted by Gasteiger charge is 2.13. The van der Waals surface area contributed by atoms with Crippen LogP contribution in [-0.4, -0.2) is 35.1 Å². The average Bonchev–Trinajstić information content (AvgIpc) is 3.06. The molecule has 2 aromatic carbocycles. The van der Waals surface area contributed by atoms with E-state index in [0.29, 0.717) is 22.5 Å². The van der Waals surface area contributed by atoms with Crippen LogP contribution in [0.5, 0.6) is 11.5 Å². The molecule has 0 bridgehead atoms. The van der Waals surface area contributed by atoms with Gasteiger partial charge in [0.15, 0.2) is 0 Å². The number of rotatable bonds is 4. The van der Waals surface area contributed by atoms with Gasteiger partial charge in [0.25, 0.3) is 0 Å². The minimum absolute atomic E-state index is 0.268. The van der Waals surface area contributed by atoms with Gasteiger partial charge in [-0.25, -0.2) is 4.79 Å². The van der Waals surface area contributed by atoms with Crippen molar-refractivity contribution in [3.8, 4) is 11.5 Å². The molecule has 0 unspecified atom stereocenters. The molecule has 0 amide bonds. The fourth-order valence-electron chi connectivity index (χ4n) is 2.87. The summed E-state index contributed by atoms with van der Waals surface area (Å²) >= 11 is 0. The summed E-state index contributed by atoms with van der Waals surface area (Å²) in [6.07, 6.45) is 1.44. The number of H-pyrrole nitrogens is 2. The molecule has 0 saturated carbocycles. The normalized spacial score (nSPS) is 11.5. The lowest BCUT2D eigenvalue weighted by molar-refractivity contribution is 0.415. The highest BCUT2D eigenvalue weighted by atomic mass is 16.5. The fourth-order valence-corrected chi connectivity index (χ4v) is 2.87. The summed E-state index contributed by atoms with van der Waals surface area (Å²) in [6, 6.07) is 12.4. The third kappa shape index (κ3) is 2.86. The maximum Gasteiger partial charge on any atom is 0.350 e. The van der Waals surface area contributed by atoms with E-state index >= 15 is 0 Å². The van der Waals surface area contributed by atoms with Crippen LogP contribution in [0.25, 0.3) is 21.9 Å². The van der Waals surface area contributed by atoms with Gasteiger partial charge < -0.3 is 19.4 Å². The predicted molar refractivity (Wildman–Crippen MR) is 103 cm³/mol. The fraction of sp³-hybridized carbons (Fsp3) is 0.105. The molecular weight excluding hydrogens is 348 g/mol. The lowest BCUT2D eigenvalue weighted by Gasteiger charge is -2.00. The van der Waals surface area contributed by atoms with Crippen molar-refractivity contribution in [3.05, 3.63) is 68.9 Å². The van der Waals surface area contributed by atoms with Crippen molar-refractivity contribution in [1.82, 2.24) is 14.6 Å². The smallest absolute Gasteiger partial charge is 0.350 e. The molecule has 0 radical (unpaired) electrons. The summed E-state index contributed by atoms with van der Waals surface area (Å²) in [6.45, 7) is 0. The van der Waals surface area contributed by atoms with E-state index in [4.69, 9.17) is 9.47 Å². The zero-order valence-corrected chi connectivity index (χ0v) is 14.6. The Morgan fingerprint density at radius 1 is 0.926 bits per heavy atom. The molecule has 0 aliphatic carbocycles. The topological polar surface area (TPSA) is 101 Å². The van der Waals surface area contributed by atoms with Gasteiger partial charge in [-0.05, 0) is 42.0 Å². The molecule has 8 heteroatoms. The molecule has 8 nitrogen and oxygen atoms in total. The molecule has 136 valence electrons. The zero-order valence-electron chi connectivity index (χ0n) is 14.6. The standard InChI is InChI=1S/C19H16N4O4/c1-26-12-5-3-11(4-6-12)10-20-23-18(24)17-16(22-19(23)25)14-8-7-13(27-2)9-15(14)21-17/h3-10,21H,1-2H3,(H,22,25). The number of hydrogen-bond donors (Lipinski definition) is 2. The van der Waals surface area contributed by atoms with Gasteiger partial charge in [-0.2, -0.15) is 5.10 Å². The van der Waals surface area contributed by atoms with Gasteiger partial charge in [-0.15, -0.1) is 4.68 Å². The monoisotopic (exact) mass is 364 g/mol. The minimum atomic E-state index is -0.617. The molecule has 0 aliphatic rings. The van der Waals surface area contributed by atoms with Crippen molar-refractivity contribution in [2.75, 3.05) is 14.2 Å². The Morgan fingerprint density at radius 3 is 2.33 bits per heavy atom. The molecule has 2 aromatic heterocycles. The van der Waals surface area contributed by atoms with E-state index in [0.717, 1.165) is 15.6 Å². The second kappa shape index (κ2) is 6.49. The average molecular weight is 364 g/mol. The van der Waals surface area contributed by atoms with Gasteiger partial charge in [0.1, 0.15) is 17.0 Å². The van der Waals surface area contributed by atoms with Gasteiger partial charge in [0.05, 0.1) is 31.5 Å². The first-order valence-electron chi connectivity index (χ1n) is 8.14. The maximum absolute atomic E-state index is 12.7. The molecule has 4 rings (SSSR count). The molecule has 4 aromatic rings. The molecule has 0 atom stereocenters. The van der Waals surface area contributed by atoms with Gasteiger partial charge in [0, 0.05) is 11.5 Å². The first kappa shape index (κ1) is 16.6. The molecule has 0 fully saturated rings. The van der Waals surface area contributed by atoms with E-state index < -0.39 is 11.2 Å². The second-order valence-electron chi connectivity index (χ2n) is 5.85. The van der Waals surface area contributed by atoms with Crippen LogP contribution in [0, 0.1) is 0 Å². The van der Waals surface area contributed by atoms with E-state index in [2.05, 4.69) is 15.1 Å². The van der Waals surface area contributed by atoms with Crippen LogP contribution in [-0.2, 0) is 0 Å². The summed E-state index contributed by atoms with van der Waals surface area (Å²) in [5, 5.41) is 4.76. The van der Waals surface area contributed by atoms with Gasteiger partial charge in [0.2, 0.25) is 0 Å². The molecule has 0 aliphatic heterocycles. The van der Waals surface area contributed by atoms with Gasteiger partial charge in [-0.3, -0.25) is 4.79 Å². The van der Waals surface area contributed by atoms with E-state index in [1.54, 1.807) is 56.7 Å². The number of nitrogens with zero attached hydrogens (tertiary/aromatic N) is 2. The predicted octanol–water partition coefficient (Wildman–Crippen LogP) is 2.07. The highest BCUT2D eigenvalue weighted by molar-refractivity contribution is 6.04. The van der Waals surface area contributed by atoms with Crippen LogP contribution in [0.1, 0.15) is 5.56 Å². The van der Waals surface area contributed by atoms with Crippen LogP contribution in [0.3, 0.4) is 0 Å². The second-order valence-corrected chi connectivity index (χ2v) is 5.85. The van der Waals surface area contributed by atoms with Crippen LogP contribution in [0.2, 0.25) is 0 Å². The number of hydrogen-bond acceptors (Lipinski definition) is 5. The number of nitrogens with one attached hydrogen (secondary N) is 2. The Hall–Kier alpha value is -3.81. The van der Waals surface area contributed by atoms with E-state index in [9.17, 15) is 9.59 Å². The molecule has 0 spiro atoms. The maximum atomic E-state index is 12.7. The molecular formula is C19H16N4O4. The van der Waals surface area contributed by atoms with Crippen molar-refractivity contribution in [2.45, 2.75) is 0 Å². The molecule has 27 heavy (non-hydrogen) atoms. The quantitative estimate of drug-likeness (QED) is 0.541. The minimum Gasteiger partial charge on any atom is -0.497 e. The van der Waals surface area contributed by atoms with Crippen molar-refractivity contribution >= 4 is 28.2 Å². The lowest BCUT2D eigenvalue weighted by Crippen LogP contribution is -2.32. The van der Waals surface area contributed by atoms with Crippen molar-refractivity contribution in [2.24, 2.45) is 5.10 Å². The molecule has 0 saturated heterocycles. The van der Waals surface area contributed by atoms with Crippen LogP contribution in [0.15, 0.2) is 57.2 Å². The lowest BCUT2D eigenvalue weighted by atomic mass is 10.2. The Morgan fingerprint density at radius 2 is 1.63 bits per heavy atom. The summed E-state index contributed by atoms with van der Waals surface area (Å²) in [5.74, 6) is 1.35.